The van der Waals surface area contributed by atoms with E-state index in [1.165, 1.54) is 25.9 Å². The summed E-state index contributed by atoms with van der Waals surface area (Å²) in [5.41, 5.74) is 6.83. The highest BCUT2D eigenvalue weighted by Gasteiger charge is 2.21. The Bertz CT molecular complexity index is 492. The molecule has 1 atom stereocenters. The first kappa shape index (κ1) is 14.8. The maximum absolute atomic E-state index is 5.91. The summed E-state index contributed by atoms with van der Waals surface area (Å²) in [5.74, 6) is 1.57. The average molecular weight is 309 g/mol. The number of hydrogen-bond acceptors (Lipinski definition) is 6. The summed E-state index contributed by atoms with van der Waals surface area (Å²) >= 11 is 1.60. The fourth-order valence-corrected chi connectivity index (χ4v) is 3.70. The second-order valence-electron chi connectivity index (χ2n) is 5.43. The summed E-state index contributed by atoms with van der Waals surface area (Å²) in [5, 5.41) is 3.22. The van der Waals surface area contributed by atoms with Crippen molar-refractivity contribution in [1.82, 2.24) is 4.90 Å². The monoisotopic (exact) mass is 309 g/mol. The van der Waals surface area contributed by atoms with Crippen LogP contribution >= 0.6 is 11.8 Å². The van der Waals surface area contributed by atoms with Crippen LogP contribution in [-0.2, 0) is 0 Å². The molecule has 1 aromatic carbocycles. The molecule has 21 heavy (non-hydrogen) atoms. The fourth-order valence-electron chi connectivity index (χ4n) is 2.82. The SMILES string of the molecule is COc1cc2c(cc1OCCCN1CCCC1)NC(N)S2. The quantitative estimate of drug-likeness (QED) is 0.787. The van der Waals surface area contributed by atoms with Crippen molar-refractivity contribution in [2.24, 2.45) is 5.73 Å². The highest BCUT2D eigenvalue weighted by Crippen LogP contribution is 2.43. The van der Waals surface area contributed by atoms with Crippen molar-refractivity contribution < 1.29 is 9.47 Å². The third-order valence-corrected chi connectivity index (χ3v) is 4.86. The lowest BCUT2D eigenvalue weighted by Gasteiger charge is -2.16. The molecule has 2 aliphatic rings. The summed E-state index contributed by atoms with van der Waals surface area (Å²) in [4.78, 5) is 3.62. The molecule has 1 saturated heterocycles. The first-order chi connectivity index (χ1) is 10.3. The van der Waals surface area contributed by atoms with Crippen LogP contribution in [0.1, 0.15) is 19.3 Å². The molecular weight excluding hydrogens is 286 g/mol. The topological polar surface area (TPSA) is 59.8 Å². The summed E-state index contributed by atoms with van der Waals surface area (Å²) in [7, 11) is 1.67. The lowest BCUT2D eigenvalue weighted by molar-refractivity contribution is 0.254. The van der Waals surface area contributed by atoms with E-state index in [0.717, 1.165) is 35.0 Å². The Morgan fingerprint density at radius 2 is 2.14 bits per heavy atom. The van der Waals surface area contributed by atoms with Gasteiger partial charge in [0.2, 0.25) is 0 Å². The molecule has 6 heteroatoms. The zero-order chi connectivity index (χ0) is 14.7. The Hall–Kier alpha value is -1.11. The highest BCUT2D eigenvalue weighted by molar-refractivity contribution is 8.00. The molecule has 0 bridgehead atoms. The molecule has 0 amide bonds. The van der Waals surface area contributed by atoms with Crippen molar-refractivity contribution in [1.29, 1.82) is 0 Å². The van der Waals surface area contributed by atoms with E-state index in [1.54, 1.807) is 18.9 Å². The van der Waals surface area contributed by atoms with Crippen LogP contribution in [0, 0.1) is 0 Å². The van der Waals surface area contributed by atoms with E-state index in [2.05, 4.69) is 10.2 Å². The van der Waals surface area contributed by atoms with Crippen LogP contribution in [0.5, 0.6) is 11.5 Å². The third-order valence-electron chi connectivity index (χ3n) is 3.89. The lowest BCUT2D eigenvalue weighted by Crippen LogP contribution is -2.22. The van der Waals surface area contributed by atoms with E-state index in [1.807, 2.05) is 12.1 Å². The van der Waals surface area contributed by atoms with Crippen LogP contribution in [0.3, 0.4) is 0 Å². The number of hydrogen-bond donors (Lipinski definition) is 2. The largest absolute Gasteiger partial charge is 0.493 e. The minimum atomic E-state index is -0.0878. The van der Waals surface area contributed by atoms with Gasteiger partial charge in [-0.05, 0) is 38.4 Å². The number of thioether (sulfide) groups is 1. The lowest BCUT2D eigenvalue weighted by atomic mass is 10.2. The molecule has 0 aromatic heterocycles. The molecule has 1 aromatic rings. The first-order valence-corrected chi connectivity index (χ1v) is 8.40. The van der Waals surface area contributed by atoms with Gasteiger partial charge in [0.1, 0.15) is 5.50 Å². The van der Waals surface area contributed by atoms with E-state index in [4.69, 9.17) is 15.2 Å². The van der Waals surface area contributed by atoms with Crippen molar-refractivity contribution in [3.63, 3.8) is 0 Å². The van der Waals surface area contributed by atoms with Crippen molar-refractivity contribution >= 4 is 17.4 Å². The van der Waals surface area contributed by atoms with Crippen molar-refractivity contribution in [2.75, 3.05) is 38.7 Å². The third kappa shape index (κ3) is 3.56. The Kier molecular flexibility index (Phi) is 4.77. The zero-order valence-corrected chi connectivity index (χ0v) is 13.2. The van der Waals surface area contributed by atoms with Crippen molar-refractivity contribution in [2.45, 2.75) is 29.7 Å². The molecule has 0 saturated carbocycles. The van der Waals surface area contributed by atoms with Crippen LogP contribution in [0.2, 0.25) is 0 Å². The van der Waals surface area contributed by atoms with Gasteiger partial charge in [0.15, 0.2) is 11.5 Å². The van der Waals surface area contributed by atoms with Crippen LogP contribution in [0.15, 0.2) is 17.0 Å². The van der Waals surface area contributed by atoms with E-state index < -0.39 is 0 Å². The number of methoxy groups -OCH3 is 1. The average Bonchev–Trinajstić information content (AvgIpc) is 3.10. The van der Waals surface area contributed by atoms with Gasteiger partial charge in [0.25, 0.3) is 0 Å². The van der Waals surface area contributed by atoms with Gasteiger partial charge in [-0.1, -0.05) is 11.8 Å². The normalized spacial score (nSPS) is 21.1. The number of ether oxygens (including phenoxy) is 2. The Balaban J connectivity index is 1.55. The van der Waals surface area contributed by atoms with Gasteiger partial charge in [-0.3, -0.25) is 0 Å². The molecule has 0 radical (unpaired) electrons. The molecule has 3 N–H and O–H groups in total. The number of likely N-dealkylation sites (tertiary alicyclic amines) is 1. The predicted octanol–water partition coefficient (Wildman–Crippen LogP) is 2.32. The Labute approximate surface area is 130 Å². The molecule has 5 nitrogen and oxygen atoms in total. The number of nitrogens with two attached hydrogens (primary N) is 1. The van der Waals surface area contributed by atoms with Gasteiger partial charge >= 0.3 is 0 Å². The standard InChI is InChI=1S/C15H23N3O2S/c1-19-12-10-14-11(17-15(16)21-14)9-13(12)20-8-4-7-18-5-2-3-6-18/h9-10,15,17H,2-8,16H2,1H3. The van der Waals surface area contributed by atoms with E-state index in [-0.39, 0.29) is 5.50 Å². The number of nitrogens with one attached hydrogen (secondary N) is 1. The van der Waals surface area contributed by atoms with E-state index in [0.29, 0.717) is 6.61 Å². The molecule has 116 valence electrons. The van der Waals surface area contributed by atoms with Crippen LogP contribution in [0.4, 0.5) is 5.69 Å². The molecule has 2 aliphatic heterocycles. The molecule has 0 spiro atoms. The summed E-state index contributed by atoms with van der Waals surface area (Å²) in [6.07, 6.45) is 3.72. The number of anilines is 1. The van der Waals surface area contributed by atoms with Crippen molar-refractivity contribution in [3.8, 4) is 11.5 Å². The van der Waals surface area contributed by atoms with Crippen LogP contribution in [0.25, 0.3) is 0 Å². The van der Waals surface area contributed by atoms with E-state index in [9.17, 15) is 0 Å². The van der Waals surface area contributed by atoms with Gasteiger partial charge in [0.05, 0.1) is 19.4 Å². The number of rotatable bonds is 6. The predicted molar refractivity (Wildman–Crippen MR) is 86.2 cm³/mol. The maximum atomic E-state index is 5.91. The molecule has 1 fully saturated rings. The molecule has 0 aliphatic carbocycles. The Morgan fingerprint density at radius 3 is 2.90 bits per heavy atom. The van der Waals surface area contributed by atoms with Crippen LogP contribution < -0.4 is 20.5 Å². The van der Waals surface area contributed by atoms with Crippen LogP contribution in [-0.4, -0.2) is 43.7 Å². The van der Waals surface area contributed by atoms with Gasteiger partial charge in [0, 0.05) is 17.5 Å². The first-order valence-electron chi connectivity index (χ1n) is 7.52. The van der Waals surface area contributed by atoms with Gasteiger partial charge in [-0.15, -0.1) is 0 Å². The molecule has 3 rings (SSSR count). The number of fused-ring (bicyclic) bond motifs is 1. The summed E-state index contributed by atoms with van der Waals surface area (Å²) in [6, 6.07) is 3.99. The number of nitrogens with zero attached hydrogens (tertiary/aromatic N) is 1. The fraction of sp³-hybridized carbons (Fsp3) is 0.600. The molecular formula is C15H23N3O2S. The van der Waals surface area contributed by atoms with Gasteiger partial charge in [-0.2, -0.15) is 0 Å². The van der Waals surface area contributed by atoms with E-state index >= 15 is 0 Å². The zero-order valence-electron chi connectivity index (χ0n) is 12.4. The summed E-state index contributed by atoms with van der Waals surface area (Å²) in [6.45, 7) is 4.31. The number of benzene rings is 1. The van der Waals surface area contributed by atoms with Crippen molar-refractivity contribution in [3.05, 3.63) is 12.1 Å². The molecule has 1 unspecified atom stereocenters. The minimum Gasteiger partial charge on any atom is -0.493 e. The second-order valence-corrected chi connectivity index (χ2v) is 6.62. The maximum Gasteiger partial charge on any atom is 0.163 e. The summed E-state index contributed by atoms with van der Waals surface area (Å²) < 4.78 is 11.3. The Morgan fingerprint density at radius 1 is 1.33 bits per heavy atom. The second kappa shape index (κ2) is 6.77. The smallest absolute Gasteiger partial charge is 0.163 e. The highest BCUT2D eigenvalue weighted by atomic mass is 32.2. The van der Waals surface area contributed by atoms with Gasteiger partial charge in [-0.25, -0.2) is 0 Å². The van der Waals surface area contributed by atoms with Gasteiger partial charge < -0.3 is 25.4 Å². The minimum absolute atomic E-state index is 0.0878. The molecule has 2 heterocycles.